The van der Waals surface area contributed by atoms with Gasteiger partial charge in [0.2, 0.25) is 0 Å². The molecule has 2 aromatic carbocycles. The first-order valence-corrected chi connectivity index (χ1v) is 11.5. The fourth-order valence-corrected chi connectivity index (χ4v) is 5.58. The van der Waals surface area contributed by atoms with Crippen LogP contribution in [0.3, 0.4) is 0 Å². The summed E-state index contributed by atoms with van der Waals surface area (Å²) in [6, 6.07) is 16.4. The lowest BCUT2D eigenvalue weighted by Gasteiger charge is -2.35. The summed E-state index contributed by atoms with van der Waals surface area (Å²) in [7, 11) is 2.11. The number of carbonyl (C=O) groups excluding carboxylic acids is 1. The lowest BCUT2D eigenvalue weighted by molar-refractivity contribution is 0.0677. The fourth-order valence-electron chi connectivity index (χ4n) is 4.25. The second-order valence-electron chi connectivity index (χ2n) is 7.89. The summed E-state index contributed by atoms with van der Waals surface area (Å²) in [6.45, 7) is 2.21. The molecule has 0 aliphatic carbocycles. The van der Waals surface area contributed by atoms with Gasteiger partial charge in [-0.2, -0.15) is 5.10 Å². The third-order valence-electron chi connectivity index (χ3n) is 5.81. The van der Waals surface area contributed by atoms with Crippen molar-refractivity contribution < 1.29 is 4.79 Å². The van der Waals surface area contributed by atoms with Crippen molar-refractivity contribution in [2.75, 3.05) is 30.8 Å². The van der Waals surface area contributed by atoms with Crippen LogP contribution in [0.25, 0.3) is 0 Å². The lowest BCUT2D eigenvalue weighted by Crippen LogP contribution is -2.50. The van der Waals surface area contributed by atoms with E-state index >= 15 is 0 Å². The van der Waals surface area contributed by atoms with Gasteiger partial charge in [0.25, 0.3) is 5.91 Å². The molecule has 1 aromatic heterocycles. The van der Waals surface area contributed by atoms with E-state index in [1.54, 1.807) is 0 Å². The molecule has 0 saturated carbocycles. The van der Waals surface area contributed by atoms with Crippen LogP contribution in [0, 0.1) is 0 Å². The zero-order valence-corrected chi connectivity index (χ0v) is 18.4. The normalized spacial score (nSPS) is 18.7. The standard InChI is InChI=1S/C23H23ClN4OS/c1-26-14-19(15-30-21-5-3-2-4-20(21)26)28-11-10-17-13-27(25-22(17)23(28)29)12-16-6-8-18(24)9-7-16/h2-9,13,19H,10-12,14-15H2,1H3/t19-/m1/s1. The van der Waals surface area contributed by atoms with Crippen LogP contribution < -0.4 is 4.90 Å². The Bertz CT molecular complexity index is 1080. The highest BCUT2D eigenvalue weighted by Gasteiger charge is 2.34. The number of rotatable bonds is 3. The molecule has 2 aliphatic rings. The number of hydrogen-bond donors (Lipinski definition) is 0. The van der Waals surface area contributed by atoms with Crippen LogP contribution in [0.15, 0.2) is 59.6 Å². The zero-order chi connectivity index (χ0) is 20.7. The highest BCUT2D eigenvalue weighted by molar-refractivity contribution is 7.99. The predicted molar refractivity (Wildman–Crippen MR) is 122 cm³/mol. The molecule has 5 rings (SSSR count). The average molecular weight is 439 g/mol. The molecule has 1 atom stereocenters. The molecule has 7 heteroatoms. The lowest BCUT2D eigenvalue weighted by atomic mass is 10.1. The summed E-state index contributed by atoms with van der Waals surface area (Å²) in [4.78, 5) is 18.9. The van der Waals surface area contributed by atoms with E-state index in [9.17, 15) is 4.79 Å². The minimum atomic E-state index is 0.0519. The van der Waals surface area contributed by atoms with Crippen LogP contribution >= 0.6 is 23.4 Å². The molecule has 3 aromatic rings. The van der Waals surface area contributed by atoms with Crippen molar-refractivity contribution in [2.45, 2.75) is 23.9 Å². The minimum Gasteiger partial charge on any atom is -0.372 e. The van der Waals surface area contributed by atoms with E-state index in [-0.39, 0.29) is 11.9 Å². The van der Waals surface area contributed by atoms with E-state index in [0.717, 1.165) is 41.4 Å². The first kappa shape index (κ1) is 19.5. The number of fused-ring (bicyclic) bond motifs is 2. The van der Waals surface area contributed by atoms with Gasteiger partial charge in [0.1, 0.15) is 0 Å². The first-order valence-electron chi connectivity index (χ1n) is 10.1. The number of amides is 1. The second-order valence-corrected chi connectivity index (χ2v) is 9.39. The maximum absolute atomic E-state index is 13.3. The molecule has 0 N–H and O–H groups in total. The van der Waals surface area contributed by atoms with E-state index in [1.807, 2.05) is 51.8 Å². The molecule has 0 radical (unpaired) electrons. The number of likely N-dealkylation sites (N-methyl/N-ethyl adjacent to an activating group) is 1. The topological polar surface area (TPSA) is 41.4 Å². The summed E-state index contributed by atoms with van der Waals surface area (Å²) in [5, 5.41) is 5.37. The Hall–Kier alpha value is -2.44. The largest absolute Gasteiger partial charge is 0.372 e. The van der Waals surface area contributed by atoms with Gasteiger partial charge >= 0.3 is 0 Å². The van der Waals surface area contributed by atoms with E-state index in [0.29, 0.717) is 12.2 Å². The summed E-state index contributed by atoms with van der Waals surface area (Å²) in [5.74, 6) is 0.949. The third kappa shape index (κ3) is 3.70. The van der Waals surface area contributed by atoms with Gasteiger partial charge in [-0.15, -0.1) is 11.8 Å². The van der Waals surface area contributed by atoms with Crippen molar-refractivity contribution in [3.63, 3.8) is 0 Å². The number of nitrogens with zero attached hydrogens (tertiary/aromatic N) is 4. The number of aromatic nitrogens is 2. The Morgan fingerprint density at radius 1 is 1.17 bits per heavy atom. The van der Waals surface area contributed by atoms with Crippen molar-refractivity contribution in [1.82, 2.24) is 14.7 Å². The fraction of sp³-hybridized carbons (Fsp3) is 0.304. The van der Waals surface area contributed by atoms with Gasteiger partial charge in [-0.25, -0.2) is 0 Å². The molecule has 154 valence electrons. The van der Waals surface area contributed by atoms with Crippen molar-refractivity contribution in [3.8, 4) is 0 Å². The minimum absolute atomic E-state index is 0.0519. The van der Waals surface area contributed by atoms with Gasteiger partial charge in [0.15, 0.2) is 5.69 Å². The van der Waals surface area contributed by atoms with Gasteiger partial charge in [-0.3, -0.25) is 9.48 Å². The molecular weight excluding hydrogens is 416 g/mol. The molecule has 0 fully saturated rings. The number of anilines is 1. The molecule has 2 aliphatic heterocycles. The van der Waals surface area contributed by atoms with Crippen LogP contribution in [0.2, 0.25) is 5.02 Å². The van der Waals surface area contributed by atoms with Crippen LogP contribution in [0.4, 0.5) is 5.69 Å². The van der Waals surface area contributed by atoms with Gasteiger partial charge in [0, 0.05) is 47.6 Å². The quantitative estimate of drug-likeness (QED) is 0.614. The van der Waals surface area contributed by atoms with Crippen molar-refractivity contribution in [1.29, 1.82) is 0 Å². The van der Waals surface area contributed by atoms with Crippen LogP contribution in [0.5, 0.6) is 0 Å². The zero-order valence-electron chi connectivity index (χ0n) is 16.8. The van der Waals surface area contributed by atoms with Crippen LogP contribution in [-0.2, 0) is 13.0 Å². The number of hydrogen-bond acceptors (Lipinski definition) is 4. The number of thioether (sulfide) groups is 1. The summed E-state index contributed by atoms with van der Waals surface area (Å²) < 4.78 is 1.87. The molecular formula is C23H23ClN4OS. The number of benzene rings is 2. The Morgan fingerprint density at radius 2 is 1.97 bits per heavy atom. The maximum Gasteiger partial charge on any atom is 0.274 e. The van der Waals surface area contributed by atoms with E-state index in [2.05, 4.69) is 41.3 Å². The molecule has 1 amide bonds. The van der Waals surface area contributed by atoms with Crippen LogP contribution in [0.1, 0.15) is 21.6 Å². The smallest absolute Gasteiger partial charge is 0.274 e. The number of carbonyl (C=O) groups is 1. The van der Waals surface area contributed by atoms with Gasteiger partial charge < -0.3 is 9.80 Å². The Kier molecular flexibility index (Phi) is 5.21. The second kappa shape index (κ2) is 8.00. The van der Waals surface area contributed by atoms with Crippen molar-refractivity contribution in [2.24, 2.45) is 0 Å². The first-order chi connectivity index (χ1) is 14.6. The summed E-state index contributed by atoms with van der Waals surface area (Å²) in [6.07, 6.45) is 2.86. The molecule has 0 unspecified atom stereocenters. The third-order valence-corrected chi connectivity index (χ3v) is 7.27. The van der Waals surface area contributed by atoms with E-state index < -0.39 is 0 Å². The van der Waals surface area contributed by atoms with Gasteiger partial charge in [-0.05, 0) is 36.2 Å². The highest BCUT2D eigenvalue weighted by atomic mass is 35.5. The highest BCUT2D eigenvalue weighted by Crippen LogP contribution is 2.34. The van der Waals surface area contributed by atoms with E-state index in [1.165, 1.54) is 10.6 Å². The average Bonchev–Trinajstić information content (AvgIpc) is 3.09. The Morgan fingerprint density at radius 3 is 2.80 bits per heavy atom. The number of para-hydroxylation sites is 1. The molecule has 5 nitrogen and oxygen atoms in total. The van der Waals surface area contributed by atoms with Gasteiger partial charge in [-0.1, -0.05) is 35.9 Å². The summed E-state index contributed by atoms with van der Waals surface area (Å²) >= 11 is 7.81. The summed E-state index contributed by atoms with van der Waals surface area (Å²) in [5.41, 5.74) is 4.00. The molecule has 3 heterocycles. The monoisotopic (exact) mass is 438 g/mol. The maximum atomic E-state index is 13.3. The van der Waals surface area contributed by atoms with Crippen molar-refractivity contribution in [3.05, 3.63) is 76.6 Å². The predicted octanol–water partition coefficient (Wildman–Crippen LogP) is 4.19. The molecule has 0 spiro atoms. The Balaban J connectivity index is 1.34. The van der Waals surface area contributed by atoms with E-state index in [4.69, 9.17) is 11.6 Å². The SMILES string of the molecule is CN1C[C@@H](N2CCc3cn(Cc4ccc(Cl)cc4)nc3C2=O)CSc2ccccc21. The molecule has 30 heavy (non-hydrogen) atoms. The van der Waals surface area contributed by atoms with Crippen molar-refractivity contribution >= 4 is 35.0 Å². The molecule has 0 bridgehead atoms. The van der Waals surface area contributed by atoms with Crippen LogP contribution in [-0.4, -0.2) is 52.5 Å². The number of halogens is 1. The molecule has 0 saturated heterocycles. The Labute approximate surface area is 185 Å². The van der Waals surface area contributed by atoms with Gasteiger partial charge in [0.05, 0.1) is 18.3 Å².